The molecule has 1 aromatic carbocycles. The molecule has 0 bridgehead atoms. The van der Waals surface area contributed by atoms with Crippen molar-refractivity contribution in [2.24, 2.45) is 5.41 Å². The van der Waals surface area contributed by atoms with E-state index in [1.54, 1.807) is 0 Å². The normalized spacial score (nSPS) is 12.5. The van der Waals surface area contributed by atoms with Crippen molar-refractivity contribution in [2.75, 3.05) is 6.61 Å². The van der Waals surface area contributed by atoms with Crippen molar-refractivity contribution in [2.45, 2.75) is 32.1 Å². The van der Waals surface area contributed by atoms with Crippen LogP contribution in [0.25, 0.3) is 0 Å². The highest BCUT2D eigenvalue weighted by Crippen LogP contribution is 2.24. The maximum atomic E-state index is 13.6. The van der Waals surface area contributed by atoms with E-state index in [0.717, 1.165) is 12.5 Å². The summed E-state index contributed by atoms with van der Waals surface area (Å²) in [7, 11) is 1.20. The van der Waals surface area contributed by atoms with E-state index in [9.17, 15) is 12.8 Å². The van der Waals surface area contributed by atoms with E-state index in [1.165, 1.54) is 12.1 Å². The average Bonchev–Trinajstić information content (AvgIpc) is 2.17. The number of hydrogen-bond acceptors (Lipinski definition) is 3. The van der Waals surface area contributed by atoms with Crippen molar-refractivity contribution in [1.82, 2.24) is 0 Å². The molecule has 0 aliphatic carbocycles. The van der Waals surface area contributed by atoms with Gasteiger partial charge in [-0.2, -0.15) is 0 Å². The monoisotopic (exact) mass is 294 g/mol. The second-order valence-corrected chi connectivity index (χ2v) is 7.76. The SMILES string of the molecule is CC(C)(C)CCOc1ccc(S(=O)(=O)Cl)cc1F. The third-order valence-electron chi connectivity index (χ3n) is 2.29. The van der Waals surface area contributed by atoms with Crippen LogP contribution < -0.4 is 4.74 Å². The molecule has 0 radical (unpaired) electrons. The maximum absolute atomic E-state index is 13.6. The van der Waals surface area contributed by atoms with Gasteiger partial charge in [-0.1, -0.05) is 20.8 Å². The number of benzene rings is 1. The van der Waals surface area contributed by atoms with Gasteiger partial charge in [-0.05, 0) is 30.0 Å². The highest BCUT2D eigenvalue weighted by molar-refractivity contribution is 8.13. The first-order chi connectivity index (χ1) is 8.09. The van der Waals surface area contributed by atoms with Crippen LogP contribution in [-0.4, -0.2) is 15.0 Å². The van der Waals surface area contributed by atoms with Gasteiger partial charge in [0.25, 0.3) is 9.05 Å². The molecule has 0 amide bonds. The lowest BCUT2D eigenvalue weighted by Crippen LogP contribution is -2.11. The van der Waals surface area contributed by atoms with Crippen LogP contribution in [0.4, 0.5) is 4.39 Å². The van der Waals surface area contributed by atoms with E-state index < -0.39 is 14.9 Å². The van der Waals surface area contributed by atoms with Gasteiger partial charge in [0, 0.05) is 10.7 Å². The second kappa shape index (κ2) is 5.45. The Morgan fingerprint density at radius 1 is 1.33 bits per heavy atom. The number of ether oxygens (including phenoxy) is 1. The zero-order valence-electron chi connectivity index (χ0n) is 10.5. The van der Waals surface area contributed by atoms with Gasteiger partial charge in [0.15, 0.2) is 11.6 Å². The molecule has 6 heteroatoms. The fourth-order valence-corrected chi connectivity index (χ4v) is 1.98. The molecule has 0 atom stereocenters. The summed E-state index contributed by atoms with van der Waals surface area (Å²) in [5.74, 6) is -0.700. The van der Waals surface area contributed by atoms with Crippen LogP contribution >= 0.6 is 10.7 Å². The van der Waals surface area contributed by atoms with Crippen molar-refractivity contribution < 1.29 is 17.5 Å². The van der Waals surface area contributed by atoms with Crippen LogP contribution in [0.1, 0.15) is 27.2 Å². The van der Waals surface area contributed by atoms with Crippen molar-refractivity contribution in [1.29, 1.82) is 0 Å². The quantitative estimate of drug-likeness (QED) is 0.797. The molecule has 3 nitrogen and oxygen atoms in total. The summed E-state index contributed by atoms with van der Waals surface area (Å²) >= 11 is 0. The lowest BCUT2D eigenvalue weighted by molar-refractivity contribution is 0.235. The van der Waals surface area contributed by atoms with Gasteiger partial charge in [-0.15, -0.1) is 0 Å². The molecule has 0 saturated carbocycles. The molecule has 0 unspecified atom stereocenters. The van der Waals surface area contributed by atoms with Crippen LogP contribution in [-0.2, 0) is 9.05 Å². The molecule has 0 saturated heterocycles. The van der Waals surface area contributed by atoms with Gasteiger partial charge in [-0.3, -0.25) is 0 Å². The predicted molar refractivity (Wildman–Crippen MR) is 69.0 cm³/mol. The van der Waals surface area contributed by atoms with E-state index in [1.807, 2.05) is 0 Å². The Morgan fingerprint density at radius 2 is 1.94 bits per heavy atom. The Kier molecular flexibility index (Phi) is 4.61. The van der Waals surface area contributed by atoms with Crippen molar-refractivity contribution in [3.8, 4) is 5.75 Å². The molecule has 18 heavy (non-hydrogen) atoms. The lowest BCUT2D eigenvalue weighted by Gasteiger charge is -2.18. The first-order valence-electron chi connectivity index (χ1n) is 5.47. The minimum atomic E-state index is -3.91. The third-order valence-corrected chi connectivity index (χ3v) is 3.65. The van der Waals surface area contributed by atoms with Gasteiger partial charge in [0.1, 0.15) is 0 Å². The Bertz CT molecular complexity index is 521. The smallest absolute Gasteiger partial charge is 0.261 e. The highest BCUT2D eigenvalue weighted by Gasteiger charge is 2.15. The minimum absolute atomic E-state index is 0.0308. The molecule has 0 aromatic heterocycles. The van der Waals surface area contributed by atoms with Gasteiger partial charge in [-0.25, -0.2) is 12.8 Å². The molecular weight excluding hydrogens is 279 g/mol. The highest BCUT2D eigenvalue weighted by atomic mass is 35.7. The summed E-state index contributed by atoms with van der Waals surface area (Å²) < 4.78 is 40.8. The van der Waals surface area contributed by atoms with E-state index in [4.69, 9.17) is 15.4 Å². The Morgan fingerprint density at radius 3 is 2.39 bits per heavy atom. The number of hydrogen-bond donors (Lipinski definition) is 0. The third kappa shape index (κ3) is 4.82. The van der Waals surface area contributed by atoms with Crippen LogP contribution in [0.15, 0.2) is 23.1 Å². The minimum Gasteiger partial charge on any atom is -0.490 e. The van der Waals surface area contributed by atoms with Crippen LogP contribution in [0.3, 0.4) is 0 Å². The molecule has 0 aliphatic rings. The largest absolute Gasteiger partial charge is 0.490 e. The molecule has 0 aliphatic heterocycles. The first kappa shape index (κ1) is 15.2. The zero-order chi connectivity index (χ0) is 14.0. The Hall–Kier alpha value is -0.810. The fraction of sp³-hybridized carbons (Fsp3) is 0.500. The number of halogens is 2. The summed E-state index contributed by atoms with van der Waals surface area (Å²) in [5.41, 5.74) is 0.0931. The summed E-state index contributed by atoms with van der Waals surface area (Å²) in [6, 6.07) is 3.35. The zero-order valence-corrected chi connectivity index (χ0v) is 12.1. The molecule has 0 spiro atoms. The van der Waals surface area contributed by atoms with Crippen LogP contribution in [0.2, 0.25) is 0 Å². The lowest BCUT2D eigenvalue weighted by atomic mass is 9.93. The molecule has 1 rings (SSSR count). The number of rotatable bonds is 4. The molecule has 0 fully saturated rings. The van der Waals surface area contributed by atoms with E-state index in [-0.39, 0.29) is 16.1 Å². The van der Waals surface area contributed by atoms with E-state index in [0.29, 0.717) is 6.61 Å². The fourth-order valence-electron chi connectivity index (χ4n) is 1.22. The second-order valence-electron chi connectivity index (χ2n) is 5.19. The first-order valence-corrected chi connectivity index (χ1v) is 7.77. The molecule has 0 heterocycles. The summed E-state index contributed by atoms with van der Waals surface area (Å²) in [6.45, 7) is 6.52. The molecule has 1 aromatic rings. The summed E-state index contributed by atoms with van der Waals surface area (Å²) in [5, 5.41) is 0. The van der Waals surface area contributed by atoms with Gasteiger partial charge < -0.3 is 4.74 Å². The van der Waals surface area contributed by atoms with Gasteiger partial charge >= 0.3 is 0 Å². The van der Waals surface area contributed by atoms with Crippen LogP contribution in [0.5, 0.6) is 5.75 Å². The van der Waals surface area contributed by atoms with E-state index in [2.05, 4.69) is 20.8 Å². The van der Waals surface area contributed by atoms with Crippen molar-refractivity contribution >= 4 is 19.7 Å². The predicted octanol–water partition coefficient (Wildman–Crippen LogP) is 3.57. The topological polar surface area (TPSA) is 43.4 Å². The van der Waals surface area contributed by atoms with Gasteiger partial charge in [0.05, 0.1) is 11.5 Å². The maximum Gasteiger partial charge on any atom is 0.261 e. The standard InChI is InChI=1S/C12H16ClFO3S/c1-12(2,3)6-7-17-11-5-4-9(8-10(11)14)18(13,15)16/h4-5,8H,6-7H2,1-3H3. The Balaban J connectivity index is 2.75. The van der Waals surface area contributed by atoms with Crippen molar-refractivity contribution in [3.05, 3.63) is 24.0 Å². The molecule has 0 N–H and O–H groups in total. The van der Waals surface area contributed by atoms with Gasteiger partial charge in [0.2, 0.25) is 0 Å². The molecule has 102 valence electrons. The Labute approximate surface area is 111 Å². The van der Waals surface area contributed by atoms with E-state index >= 15 is 0 Å². The summed E-state index contributed by atoms with van der Waals surface area (Å²) in [4.78, 5) is -0.273. The van der Waals surface area contributed by atoms with Crippen molar-refractivity contribution in [3.63, 3.8) is 0 Å². The summed E-state index contributed by atoms with van der Waals surface area (Å²) in [6.07, 6.45) is 0.766. The molecular formula is C12H16ClFO3S. The van der Waals surface area contributed by atoms with Crippen LogP contribution in [0, 0.1) is 11.2 Å². The average molecular weight is 295 g/mol.